The number of ether oxygens (including phenoxy) is 2. The first kappa shape index (κ1) is 33.4. The maximum Gasteiger partial charge on any atom is 0.349 e. The highest BCUT2D eigenvalue weighted by atomic mass is 16.6. The van der Waals surface area contributed by atoms with Gasteiger partial charge in [-0.2, -0.15) is 0 Å². The van der Waals surface area contributed by atoms with Crippen molar-refractivity contribution in [1.29, 1.82) is 0 Å². The quantitative estimate of drug-likeness (QED) is 0.352. The van der Waals surface area contributed by atoms with E-state index >= 15 is 0 Å². The Morgan fingerprint density at radius 2 is 1.46 bits per heavy atom. The molecular weight excluding hydrogens is 494 g/mol. The topological polar surface area (TPSA) is 117 Å². The van der Waals surface area contributed by atoms with Crippen LogP contribution in [0.5, 0.6) is 5.75 Å². The summed E-state index contributed by atoms with van der Waals surface area (Å²) in [6, 6.07) is 12.5. The first-order valence-electron chi connectivity index (χ1n) is 13.1. The van der Waals surface area contributed by atoms with Crippen molar-refractivity contribution < 1.29 is 23.5 Å². The Hall–Kier alpha value is -3.65. The largest absolute Gasteiger partial charge is 0.476 e. The number of nitrogens with zero attached hydrogens (tertiary/aromatic N) is 1. The fraction of sp³-hybridized carbons (Fsp3) is 0.452. The van der Waals surface area contributed by atoms with Gasteiger partial charge in [0.25, 0.3) is 0 Å². The van der Waals surface area contributed by atoms with E-state index < -0.39 is 5.60 Å². The van der Waals surface area contributed by atoms with Crippen molar-refractivity contribution in [3.8, 4) is 5.75 Å². The second-order valence-electron chi connectivity index (χ2n) is 9.93. The summed E-state index contributed by atoms with van der Waals surface area (Å²) in [6.07, 6.45) is 0. The second-order valence-corrected chi connectivity index (χ2v) is 9.93. The molecule has 1 aromatic heterocycles. The van der Waals surface area contributed by atoms with Gasteiger partial charge in [0.05, 0.1) is 12.3 Å². The number of carbonyl (C=O) groups excluding carboxylic acids is 2. The summed E-state index contributed by atoms with van der Waals surface area (Å²) < 4.78 is 16.6. The maximum atomic E-state index is 12.1. The molecule has 0 bridgehead atoms. The number of aromatic nitrogens is 1. The molecule has 39 heavy (non-hydrogen) atoms. The van der Waals surface area contributed by atoms with Crippen LogP contribution in [0.25, 0.3) is 0 Å². The number of aryl methyl sites for hydroxylation is 6. The average Bonchev–Trinajstić information content (AvgIpc) is 3.15. The molecule has 2 aromatic carbocycles. The third kappa shape index (κ3) is 11.7. The molecule has 0 saturated heterocycles. The maximum absolute atomic E-state index is 12.1. The molecule has 3 rings (SSSR count). The molecule has 8 nitrogen and oxygen atoms in total. The molecule has 3 N–H and O–H groups in total. The minimum atomic E-state index is -1.03. The number of amides is 1. The van der Waals surface area contributed by atoms with Crippen molar-refractivity contribution in [2.24, 2.45) is 5.73 Å². The van der Waals surface area contributed by atoms with Gasteiger partial charge in [-0.25, -0.2) is 9.78 Å². The van der Waals surface area contributed by atoms with Crippen molar-refractivity contribution >= 4 is 11.9 Å². The van der Waals surface area contributed by atoms with Crippen LogP contribution in [-0.4, -0.2) is 29.1 Å². The van der Waals surface area contributed by atoms with E-state index in [1.807, 2.05) is 27.7 Å². The predicted molar refractivity (Wildman–Crippen MR) is 155 cm³/mol. The van der Waals surface area contributed by atoms with Crippen LogP contribution in [0, 0.1) is 41.5 Å². The molecule has 0 aliphatic heterocycles. The van der Waals surface area contributed by atoms with Crippen LogP contribution in [0.1, 0.15) is 72.9 Å². The molecule has 0 saturated carbocycles. The number of oxazole rings is 1. The van der Waals surface area contributed by atoms with Crippen molar-refractivity contribution in [2.45, 2.75) is 87.9 Å². The number of hydrogen-bond acceptors (Lipinski definition) is 7. The molecule has 0 aliphatic rings. The molecule has 0 unspecified atom stereocenters. The Bertz CT molecular complexity index is 1180. The molecule has 1 heterocycles. The van der Waals surface area contributed by atoms with E-state index in [0.29, 0.717) is 25.6 Å². The standard InChI is InChI=1S/C21H30N2O4.C8H10.C2H5NO/c1-8-25-20(24)21(6,7)27-19-13(2)9-17(10-14(19)3)11-22-12-18-15(4)26-16(5)23-18;1-7-5-3-4-6-8(7)2;1-2(3)4/h9-10,22H,8,11-12H2,1-7H3;3-6H,1-2H3;1H3,(H2,3,4). The number of primary amides is 1. The van der Waals surface area contributed by atoms with Crippen molar-refractivity contribution in [3.63, 3.8) is 0 Å². The lowest BCUT2D eigenvalue weighted by Gasteiger charge is -2.26. The predicted octanol–water partition coefficient (Wildman–Crippen LogP) is 5.71. The van der Waals surface area contributed by atoms with Gasteiger partial charge in [-0.1, -0.05) is 36.4 Å². The Labute approximate surface area is 233 Å². The van der Waals surface area contributed by atoms with Gasteiger partial charge in [0.2, 0.25) is 5.91 Å². The normalized spacial score (nSPS) is 10.5. The Morgan fingerprint density at radius 3 is 1.87 bits per heavy atom. The van der Waals surface area contributed by atoms with E-state index in [1.165, 1.54) is 18.1 Å². The highest BCUT2D eigenvalue weighted by Gasteiger charge is 2.32. The van der Waals surface area contributed by atoms with Crippen LogP contribution in [0.4, 0.5) is 0 Å². The fourth-order valence-corrected chi connectivity index (χ4v) is 3.63. The van der Waals surface area contributed by atoms with Crippen molar-refractivity contribution in [3.05, 3.63) is 81.6 Å². The van der Waals surface area contributed by atoms with E-state index in [4.69, 9.17) is 13.9 Å². The van der Waals surface area contributed by atoms with Crippen molar-refractivity contribution in [1.82, 2.24) is 10.3 Å². The lowest BCUT2D eigenvalue weighted by molar-refractivity contribution is -0.158. The van der Waals surface area contributed by atoms with E-state index in [-0.39, 0.29) is 11.9 Å². The number of esters is 1. The molecule has 0 radical (unpaired) electrons. The molecule has 0 aliphatic carbocycles. The monoisotopic (exact) mass is 539 g/mol. The van der Waals surface area contributed by atoms with Crippen LogP contribution in [-0.2, 0) is 27.4 Å². The molecule has 3 aromatic rings. The average molecular weight is 540 g/mol. The number of benzene rings is 2. The summed E-state index contributed by atoms with van der Waals surface area (Å²) in [5.41, 5.74) is 10.2. The van der Waals surface area contributed by atoms with Crippen LogP contribution < -0.4 is 15.8 Å². The van der Waals surface area contributed by atoms with Gasteiger partial charge in [0.15, 0.2) is 11.5 Å². The van der Waals surface area contributed by atoms with Gasteiger partial charge < -0.3 is 24.9 Å². The smallest absolute Gasteiger partial charge is 0.349 e. The van der Waals surface area contributed by atoms with Crippen LogP contribution in [0.3, 0.4) is 0 Å². The fourth-order valence-electron chi connectivity index (χ4n) is 3.63. The minimum absolute atomic E-state index is 0.332. The molecule has 214 valence electrons. The number of nitrogens with two attached hydrogens (primary N) is 1. The molecule has 1 amide bonds. The third-order valence-electron chi connectivity index (χ3n) is 5.69. The Kier molecular flexibility index (Phi) is 13.4. The van der Waals surface area contributed by atoms with Crippen LogP contribution in [0.2, 0.25) is 0 Å². The number of rotatable bonds is 8. The second kappa shape index (κ2) is 15.7. The number of hydrogen-bond donors (Lipinski definition) is 2. The highest BCUT2D eigenvalue weighted by Crippen LogP contribution is 2.29. The van der Waals surface area contributed by atoms with Gasteiger partial charge in [-0.3, -0.25) is 4.79 Å². The van der Waals surface area contributed by atoms with Gasteiger partial charge in [0, 0.05) is 26.9 Å². The Balaban J connectivity index is 0.000000522. The lowest BCUT2D eigenvalue weighted by atomic mass is 10.0. The molecular formula is C31H45N3O5. The van der Waals surface area contributed by atoms with E-state index in [9.17, 15) is 9.59 Å². The van der Waals surface area contributed by atoms with Crippen LogP contribution in [0.15, 0.2) is 40.8 Å². The summed E-state index contributed by atoms with van der Waals surface area (Å²) in [5.74, 6) is 1.55. The SMILES string of the molecule is CC(N)=O.CCOC(=O)C(C)(C)Oc1c(C)cc(CNCc2nc(C)oc2C)cc1C.Cc1ccccc1C. The van der Waals surface area contributed by atoms with Gasteiger partial charge in [-0.05, 0) is 83.2 Å². The molecule has 0 spiro atoms. The zero-order valence-corrected chi connectivity index (χ0v) is 25.2. The molecule has 0 atom stereocenters. The zero-order valence-electron chi connectivity index (χ0n) is 25.2. The minimum Gasteiger partial charge on any atom is -0.476 e. The van der Waals surface area contributed by atoms with Gasteiger partial charge in [0.1, 0.15) is 11.5 Å². The third-order valence-corrected chi connectivity index (χ3v) is 5.69. The van der Waals surface area contributed by atoms with Gasteiger partial charge in [-0.15, -0.1) is 0 Å². The Morgan fingerprint density at radius 1 is 0.949 bits per heavy atom. The van der Waals surface area contributed by atoms with E-state index in [1.54, 1.807) is 20.8 Å². The lowest BCUT2D eigenvalue weighted by Crippen LogP contribution is -2.40. The number of nitrogens with one attached hydrogen (secondary N) is 1. The van der Waals surface area contributed by atoms with Gasteiger partial charge >= 0.3 is 5.97 Å². The van der Waals surface area contributed by atoms with Crippen LogP contribution >= 0.6 is 0 Å². The first-order valence-corrected chi connectivity index (χ1v) is 13.1. The number of carbonyl (C=O) groups is 2. The summed E-state index contributed by atoms with van der Waals surface area (Å²) in [6.45, 7) is 20.2. The first-order chi connectivity index (χ1) is 18.2. The van der Waals surface area contributed by atoms with Crippen molar-refractivity contribution in [2.75, 3.05) is 6.61 Å². The summed E-state index contributed by atoms with van der Waals surface area (Å²) >= 11 is 0. The summed E-state index contributed by atoms with van der Waals surface area (Å²) in [4.78, 5) is 25.7. The van der Waals surface area contributed by atoms with E-state index in [2.05, 4.69) is 66.3 Å². The zero-order chi connectivity index (χ0) is 29.8. The summed E-state index contributed by atoms with van der Waals surface area (Å²) in [7, 11) is 0. The highest BCUT2D eigenvalue weighted by molar-refractivity contribution is 5.79. The van der Waals surface area contributed by atoms with E-state index in [0.717, 1.165) is 33.9 Å². The molecule has 8 heteroatoms. The molecule has 0 fully saturated rings. The summed E-state index contributed by atoms with van der Waals surface area (Å²) in [5, 5.41) is 3.39.